The SMILES string of the molecule is CCNC(=O)c1ncn2c1C(O)C=C(c1ccccc1Cl)c1ccccc1-2. The van der Waals surface area contributed by atoms with E-state index in [0.717, 1.165) is 22.4 Å². The van der Waals surface area contributed by atoms with Gasteiger partial charge < -0.3 is 10.4 Å². The molecule has 1 atom stereocenters. The normalized spacial score (nSPS) is 15.4. The van der Waals surface area contributed by atoms with Gasteiger partial charge in [0.05, 0.1) is 11.4 Å². The number of benzene rings is 2. The minimum absolute atomic E-state index is 0.218. The average molecular weight is 380 g/mol. The molecule has 2 heterocycles. The van der Waals surface area contributed by atoms with Crippen LogP contribution in [0.2, 0.25) is 5.02 Å². The number of aliphatic hydroxyl groups excluding tert-OH is 1. The molecule has 0 fully saturated rings. The van der Waals surface area contributed by atoms with Crippen LogP contribution in [0.1, 0.15) is 40.3 Å². The van der Waals surface area contributed by atoms with Crippen molar-refractivity contribution in [1.29, 1.82) is 0 Å². The highest BCUT2D eigenvalue weighted by atomic mass is 35.5. The van der Waals surface area contributed by atoms with Gasteiger partial charge >= 0.3 is 0 Å². The number of halogens is 1. The summed E-state index contributed by atoms with van der Waals surface area (Å²) < 4.78 is 1.77. The molecular formula is C21H18ClN3O2. The fourth-order valence-corrected chi connectivity index (χ4v) is 3.64. The molecule has 1 aliphatic rings. The van der Waals surface area contributed by atoms with E-state index in [2.05, 4.69) is 10.3 Å². The molecule has 6 heteroatoms. The first-order valence-electron chi connectivity index (χ1n) is 8.71. The summed E-state index contributed by atoms with van der Waals surface area (Å²) in [7, 11) is 0. The lowest BCUT2D eigenvalue weighted by molar-refractivity contribution is 0.0946. The number of para-hydroxylation sites is 1. The smallest absolute Gasteiger partial charge is 0.271 e. The van der Waals surface area contributed by atoms with Crippen molar-refractivity contribution >= 4 is 23.1 Å². The minimum Gasteiger partial charge on any atom is -0.383 e. The van der Waals surface area contributed by atoms with E-state index in [1.807, 2.05) is 55.5 Å². The summed E-state index contributed by atoms with van der Waals surface area (Å²) >= 11 is 6.43. The van der Waals surface area contributed by atoms with Crippen molar-refractivity contribution in [2.75, 3.05) is 6.54 Å². The number of rotatable bonds is 3. The topological polar surface area (TPSA) is 67.2 Å². The van der Waals surface area contributed by atoms with Crippen molar-refractivity contribution in [3.8, 4) is 5.69 Å². The molecule has 0 saturated carbocycles. The summed E-state index contributed by atoms with van der Waals surface area (Å²) in [5.74, 6) is -0.308. The van der Waals surface area contributed by atoms with Gasteiger partial charge in [-0.2, -0.15) is 0 Å². The molecule has 1 aromatic heterocycles. The van der Waals surface area contributed by atoms with Crippen LogP contribution in [0.25, 0.3) is 11.3 Å². The lowest BCUT2D eigenvalue weighted by Gasteiger charge is -2.13. The summed E-state index contributed by atoms with van der Waals surface area (Å²) in [5.41, 5.74) is 4.03. The van der Waals surface area contributed by atoms with Crippen LogP contribution in [0.5, 0.6) is 0 Å². The Morgan fingerprint density at radius 1 is 1.19 bits per heavy atom. The van der Waals surface area contributed by atoms with Gasteiger partial charge in [0.1, 0.15) is 12.4 Å². The predicted molar refractivity (Wildman–Crippen MR) is 105 cm³/mol. The van der Waals surface area contributed by atoms with Gasteiger partial charge in [0.15, 0.2) is 5.69 Å². The molecule has 1 amide bonds. The number of hydrogen-bond donors (Lipinski definition) is 2. The first-order valence-corrected chi connectivity index (χ1v) is 9.09. The molecule has 0 radical (unpaired) electrons. The van der Waals surface area contributed by atoms with Crippen LogP contribution in [0.15, 0.2) is 60.9 Å². The quantitative estimate of drug-likeness (QED) is 0.728. The molecule has 27 heavy (non-hydrogen) atoms. The summed E-state index contributed by atoms with van der Waals surface area (Å²) in [6.45, 7) is 2.33. The number of carbonyl (C=O) groups excluding carboxylic acids is 1. The zero-order valence-electron chi connectivity index (χ0n) is 14.7. The molecule has 2 aromatic carbocycles. The van der Waals surface area contributed by atoms with E-state index >= 15 is 0 Å². The molecule has 3 aromatic rings. The Morgan fingerprint density at radius 3 is 2.63 bits per heavy atom. The van der Waals surface area contributed by atoms with Gasteiger partial charge in [-0.25, -0.2) is 4.98 Å². The summed E-state index contributed by atoms with van der Waals surface area (Å²) in [4.78, 5) is 16.7. The van der Waals surface area contributed by atoms with E-state index < -0.39 is 6.10 Å². The highest BCUT2D eigenvalue weighted by Crippen LogP contribution is 2.38. The van der Waals surface area contributed by atoms with E-state index in [4.69, 9.17) is 11.6 Å². The van der Waals surface area contributed by atoms with E-state index in [9.17, 15) is 9.90 Å². The second-order valence-electron chi connectivity index (χ2n) is 6.23. The van der Waals surface area contributed by atoms with Gasteiger partial charge in [0.2, 0.25) is 0 Å². The van der Waals surface area contributed by atoms with Crippen LogP contribution in [0.4, 0.5) is 0 Å². The Hall–Kier alpha value is -2.89. The van der Waals surface area contributed by atoms with Crippen LogP contribution in [-0.4, -0.2) is 27.1 Å². The van der Waals surface area contributed by atoms with Crippen LogP contribution in [-0.2, 0) is 0 Å². The molecule has 0 bridgehead atoms. The van der Waals surface area contributed by atoms with Gasteiger partial charge in [-0.05, 0) is 30.7 Å². The molecule has 4 rings (SSSR count). The lowest BCUT2D eigenvalue weighted by Crippen LogP contribution is -2.25. The number of amides is 1. The van der Waals surface area contributed by atoms with Gasteiger partial charge in [-0.15, -0.1) is 0 Å². The summed E-state index contributed by atoms with van der Waals surface area (Å²) in [5, 5.41) is 14.3. The summed E-state index contributed by atoms with van der Waals surface area (Å²) in [6.07, 6.45) is 2.29. The second-order valence-corrected chi connectivity index (χ2v) is 6.64. The van der Waals surface area contributed by atoms with Gasteiger partial charge in [-0.3, -0.25) is 9.36 Å². The van der Waals surface area contributed by atoms with E-state index in [1.165, 1.54) is 0 Å². The number of imidazole rings is 1. The minimum atomic E-state index is -1.01. The number of fused-ring (bicyclic) bond motifs is 3. The van der Waals surface area contributed by atoms with E-state index in [-0.39, 0.29) is 11.6 Å². The Labute approximate surface area is 161 Å². The van der Waals surface area contributed by atoms with Crippen molar-refractivity contribution < 1.29 is 9.90 Å². The largest absolute Gasteiger partial charge is 0.383 e. The van der Waals surface area contributed by atoms with Crippen molar-refractivity contribution in [2.24, 2.45) is 0 Å². The molecule has 5 nitrogen and oxygen atoms in total. The fourth-order valence-electron chi connectivity index (χ4n) is 3.40. The molecule has 1 aliphatic heterocycles. The maximum atomic E-state index is 12.4. The Kier molecular flexibility index (Phi) is 4.56. The third-order valence-electron chi connectivity index (χ3n) is 4.58. The van der Waals surface area contributed by atoms with Gasteiger partial charge in [0, 0.05) is 22.7 Å². The number of aliphatic hydroxyl groups is 1. The highest BCUT2D eigenvalue weighted by molar-refractivity contribution is 6.32. The van der Waals surface area contributed by atoms with Crippen LogP contribution >= 0.6 is 11.6 Å². The van der Waals surface area contributed by atoms with Gasteiger partial charge in [0.25, 0.3) is 5.91 Å². The number of carbonyl (C=O) groups is 1. The maximum Gasteiger partial charge on any atom is 0.271 e. The molecule has 0 saturated heterocycles. The monoisotopic (exact) mass is 379 g/mol. The zero-order valence-corrected chi connectivity index (χ0v) is 15.4. The Bertz CT molecular complexity index is 1060. The molecule has 0 spiro atoms. The molecule has 0 aliphatic carbocycles. The van der Waals surface area contributed by atoms with E-state index in [0.29, 0.717) is 17.3 Å². The van der Waals surface area contributed by atoms with Crippen LogP contribution < -0.4 is 5.32 Å². The highest BCUT2D eigenvalue weighted by Gasteiger charge is 2.28. The fraction of sp³-hybridized carbons (Fsp3) is 0.143. The second kappa shape index (κ2) is 7.02. The van der Waals surface area contributed by atoms with Gasteiger partial charge in [-0.1, -0.05) is 48.0 Å². The third-order valence-corrected chi connectivity index (χ3v) is 4.91. The maximum absolute atomic E-state index is 12.4. The number of hydrogen-bond acceptors (Lipinski definition) is 3. The van der Waals surface area contributed by atoms with Crippen molar-refractivity contribution in [3.05, 3.63) is 88.5 Å². The van der Waals surface area contributed by atoms with Crippen LogP contribution in [0, 0.1) is 0 Å². The standard InChI is InChI=1S/C21H18ClN3O2/c1-2-23-21(27)19-20-18(26)11-15(13-7-3-5-9-16(13)22)14-8-4-6-10-17(14)25(20)12-24-19/h3-12,18,26H,2H2,1H3,(H,23,27). The molecule has 1 unspecified atom stereocenters. The Morgan fingerprint density at radius 2 is 1.89 bits per heavy atom. The predicted octanol–water partition coefficient (Wildman–Crippen LogP) is 3.75. The molecule has 2 N–H and O–H groups in total. The van der Waals surface area contributed by atoms with Crippen molar-refractivity contribution in [3.63, 3.8) is 0 Å². The Balaban J connectivity index is 1.97. The number of nitrogens with zero attached hydrogens (tertiary/aromatic N) is 2. The molecule has 136 valence electrons. The first kappa shape index (κ1) is 17.5. The van der Waals surface area contributed by atoms with Crippen LogP contribution in [0.3, 0.4) is 0 Å². The first-order chi connectivity index (χ1) is 13.1. The average Bonchev–Trinajstić information content (AvgIpc) is 3.07. The van der Waals surface area contributed by atoms with E-state index in [1.54, 1.807) is 17.0 Å². The van der Waals surface area contributed by atoms with Crippen molar-refractivity contribution in [1.82, 2.24) is 14.9 Å². The third kappa shape index (κ3) is 2.95. The molecular weight excluding hydrogens is 362 g/mol. The summed E-state index contributed by atoms with van der Waals surface area (Å²) in [6, 6.07) is 15.3. The lowest BCUT2D eigenvalue weighted by atomic mass is 9.95. The zero-order chi connectivity index (χ0) is 19.0. The number of aromatic nitrogens is 2. The number of nitrogens with one attached hydrogen (secondary N) is 1. The van der Waals surface area contributed by atoms with Crippen molar-refractivity contribution in [2.45, 2.75) is 13.0 Å².